The third-order valence-electron chi connectivity index (χ3n) is 3.44. The number of amides is 3. The number of carbonyl (C=O) groups is 2. The third kappa shape index (κ3) is 1.85. The van der Waals surface area contributed by atoms with Crippen molar-refractivity contribution in [3.63, 3.8) is 0 Å². The summed E-state index contributed by atoms with van der Waals surface area (Å²) in [5.41, 5.74) is 0.666. The van der Waals surface area contributed by atoms with Gasteiger partial charge in [-0.15, -0.1) is 0 Å². The minimum Gasteiger partial charge on any atom is -0.327 e. The second-order valence-corrected chi connectivity index (χ2v) is 4.68. The number of rotatable bonds is 1. The van der Waals surface area contributed by atoms with Gasteiger partial charge in [0.15, 0.2) is 0 Å². The van der Waals surface area contributed by atoms with E-state index in [1.807, 2.05) is 42.5 Å². The van der Waals surface area contributed by atoms with Crippen LogP contribution in [0.3, 0.4) is 0 Å². The van der Waals surface area contributed by atoms with Crippen molar-refractivity contribution in [1.29, 1.82) is 0 Å². The summed E-state index contributed by atoms with van der Waals surface area (Å²) in [5.74, 6) is -0.139. The van der Waals surface area contributed by atoms with E-state index >= 15 is 0 Å². The van der Waals surface area contributed by atoms with Crippen LogP contribution < -0.4 is 4.90 Å². The van der Waals surface area contributed by atoms with Gasteiger partial charge in [-0.25, -0.2) is 9.69 Å². The monoisotopic (exact) mass is 254 g/mol. The van der Waals surface area contributed by atoms with Gasteiger partial charge in [-0.1, -0.05) is 36.4 Å². The highest BCUT2D eigenvalue weighted by molar-refractivity contribution is 6.19. The molecule has 3 rings (SSSR count). The molecule has 0 spiro atoms. The van der Waals surface area contributed by atoms with E-state index in [2.05, 4.69) is 0 Å². The molecule has 1 fully saturated rings. The molecule has 2 aromatic carbocycles. The van der Waals surface area contributed by atoms with Crippen molar-refractivity contribution in [3.05, 3.63) is 42.5 Å². The predicted molar refractivity (Wildman–Crippen MR) is 74.1 cm³/mol. The Morgan fingerprint density at radius 3 is 2.58 bits per heavy atom. The van der Waals surface area contributed by atoms with Crippen molar-refractivity contribution in [2.75, 3.05) is 18.5 Å². The van der Waals surface area contributed by atoms with E-state index in [0.29, 0.717) is 18.7 Å². The molecular formula is C15H14N2O2. The predicted octanol–water partition coefficient (Wildman–Crippen LogP) is 2.63. The molecule has 1 heterocycles. The Labute approximate surface area is 111 Å². The van der Waals surface area contributed by atoms with Crippen molar-refractivity contribution in [3.8, 4) is 0 Å². The summed E-state index contributed by atoms with van der Waals surface area (Å²) in [6, 6.07) is 13.2. The molecule has 96 valence electrons. The minimum atomic E-state index is -0.257. The van der Waals surface area contributed by atoms with Crippen LogP contribution in [0.2, 0.25) is 0 Å². The van der Waals surface area contributed by atoms with Crippen LogP contribution in [0.15, 0.2) is 42.5 Å². The molecule has 0 bridgehead atoms. The average molecular weight is 254 g/mol. The lowest BCUT2D eigenvalue weighted by Crippen LogP contribution is -2.50. The summed E-state index contributed by atoms with van der Waals surface area (Å²) in [6.07, 6.45) is 0.367. The summed E-state index contributed by atoms with van der Waals surface area (Å²) in [4.78, 5) is 27.1. The van der Waals surface area contributed by atoms with Gasteiger partial charge in [-0.2, -0.15) is 0 Å². The molecule has 2 aromatic rings. The number of anilines is 1. The lowest BCUT2D eigenvalue weighted by Gasteiger charge is -2.32. The zero-order valence-corrected chi connectivity index (χ0v) is 10.7. The lowest BCUT2D eigenvalue weighted by molar-refractivity contribution is -0.119. The maximum absolute atomic E-state index is 12.2. The van der Waals surface area contributed by atoms with Crippen LogP contribution in [0, 0.1) is 0 Å². The topological polar surface area (TPSA) is 40.6 Å². The van der Waals surface area contributed by atoms with Gasteiger partial charge in [0, 0.05) is 25.4 Å². The van der Waals surface area contributed by atoms with Crippen LogP contribution in [-0.4, -0.2) is 30.4 Å². The first-order chi connectivity index (χ1) is 9.18. The number of carbonyl (C=O) groups excluding carboxylic acids is 2. The van der Waals surface area contributed by atoms with Crippen LogP contribution in [-0.2, 0) is 4.79 Å². The van der Waals surface area contributed by atoms with E-state index in [9.17, 15) is 9.59 Å². The van der Waals surface area contributed by atoms with Gasteiger partial charge in [0.05, 0.1) is 5.69 Å². The van der Waals surface area contributed by atoms with E-state index < -0.39 is 0 Å². The van der Waals surface area contributed by atoms with Crippen molar-refractivity contribution >= 4 is 28.4 Å². The second kappa shape index (κ2) is 4.39. The molecular weight excluding hydrogens is 240 g/mol. The zero-order valence-electron chi connectivity index (χ0n) is 10.7. The number of hydrogen-bond donors (Lipinski definition) is 0. The number of imide groups is 1. The van der Waals surface area contributed by atoms with Crippen LogP contribution in [0.25, 0.3) is 10.8 Å². The maximum Gasteiger partial charge on any atom is 0.331 e. The number of hydrogen-bond acceptors (Lipinski definition) is 2. The molecule has 4 nitrogen and oxygen atoms in total. The normalized spacial score (nSPS) is 16.3. The van der Waals surface area contributed by atoms with Gasteiger partial charge in [-0.05, 0) is 11.5 Å². The highest BCUT2D eigenvalue weighted by Crippen LogP contribution is 2.29. The molecule has 1 saturated heterocycles. The Balaban J connectivity index is 2.18. The number of fused-ring (bicyclic) bond motifs is 1. The SMILES string of the molecule is CN1CCC(=O)N(c2cccc3ccccc23)C1=O. The van der Waals surface area contributed by atoms with Gasteiger partial charge < -0.3 is 4.90 Å². The highest BCUT2D eigenvalue weighted by Gasteiger charge is 2.31. The maximum atomic E-state index is 12.2. The van der Waals surface area contributed by atoms with E-state index in [4.69, 9.17) is 0 Å². The van der Waals surface area contributed by atoms with Crippen LogP contribution in [0.4, 0.5) is 10.5 Å². The molecule has 0 aromatic heterocycles. The van der Waals surface area contributed by atoms with Gasteiger partial charge in [-0.3, -0.25) is 4.79 Å². The van der Waals surface area contributed by atoms with Gasteiger partial charge in [0.1, 0.15) is 0 Å². The van der Waals surface area contributed by atoms with Crippen molar-refractivity contribution < 1.29 is 9.59 Å². The molecule has 1 aliphatic heterocycles. The van der Waals surface area contributed by atoms with Gasteiger partial charge in [0.25, 0.3) is 0 Å². The Kier molecular flexibility index (Phi) is 2.71. The first-order valence-corrected chi connectivity index (χ1v) is 6.24. The Hall–Kier alpha value is -2.36. The summed E-state index contributed by atoms with van der Waals surface area (Å²) >= 11 is 0. The van der Waals surface area contributed by atoms with E-state index in [1.165, 1.54) is 4.90 Å². The average Bonchev–Trinajstić information content (AvgIpc) is 2.44. The molecule has 0 atom stereocenters. The molecule has 1 aliphatic rings. The summed E-state index contributed by atoms with van der Waals surface area (Å²) in [6.45, 7) is 0.485. The minimum absolute atomic E-state index is 0.139. The summed E-state index contributed by atoms with van der Waals surface area (Å²) < 4.78 is 0. The molecule has 0 N–H and O–H groups in total. The molecule has 19 heavy (non-hydrogen) atoms. The molecule has 0 aliphatic carbocycles. The smallest absolute Gasteiger partial charge is 0.327 e. The first-order valence-electron chi connectivity index (χ1n) is 6.24. The fourth-order valence-electron chi connectivity index (χ4n) is 2.39. The fourth-order valence-corrected chi connectivity index (χ4v) is 2.39. The number of urea groups is 1. The summed E-state index contributed by atoms with van der Waals surface area (Å²) in [7, 11) is 1.72. The zero-order chi connectivity index (χ0) is 13.4. The standard InChI is InChI=1S/C15H14N2O2/c1-16-10-9-14(18)17(15(16)19)13-8-4-6-11-5-2-3-7-12(11)13/h2-8H,9-10H2,1H3. The number of nitrogens with zero attached hydrogens (tertiary/aromatic N) is 2. The van der Waals surface area contributed by atoms with Gasteiger partial charge >= 0.3 is 6.03 Å². The molecule has 4 heteroatoms. The third-order valence-corrected chi connectivity index (χ3v) is 3.44. The van der Waals surface area contributed by atoms with E-state index in [-0.39, 0.29) is 11.9 Å². The quantitative estimate of drug-likeness (QED) is 0.785. The first kappa shape index (κ1) is 11.7. The molecule has 0 radical (unpaired) electrons. The van der Waals surface area contributed by atoms with Crippen molar-refractivity contribution in [1.82, 2.24) is 4.90 Å². The molecule has 0 saturated carbocycles. The fraction of sp³-hybridized carbons (Fsp3) is 0.200. The lowest BCUT2D eigenvalue weighted by atomic mass is 10.1. The van der Waals surface area contributed by atoms with E-state index in [0.717, 1.165) is 10.8 Å². The van der Waals surface area contributed by atoms with Gasteiger partial charge in [0.2, 0.25) is 5.91 Å². The highest BCUT2D eigenvalue weighted by atomic mass is 16.2. The van der Waals surface area contributed by atoms with E-state index in [1.54, 1.807) is 11.9 Å². The number of benzene rings is 2. The second-order valence-electron chi connectivity index (χ2n) is 4.68. The van der Waals surface area contributed by atoms with Crippen LogP contribution in [0.5, 0.6) is 0 Å². The summed E-state index contributed by atoms with van der Waals surface area (Å²) in [5, 5.41) is 1.94. The Bertz CT molecular complexity index is 661. The Morgan fingerprint density at radius 2 is 1.74 bits per heavy atom. The Morgan fingerprint density at radius 1 is 1.00 bits per heavy atom. The largest absolute Gasteiger partial charge is 0.331 e. The molecule has 0 unspecified atom stereocenters. The molecule has 3 amide bonds. The van der Waals surface area contributed by atoms with Crippen LogP contribution in [0.1, 0.15) is 6.42 Å². The van der Waals surface area contributed by atoms with Crippen molar-refractivity contribution in [2.24, 2.45) is 0 Å². The van der Waals surface area contributed by atoms with Crippen LogP contribution >= 0.6 is 0 Å². The van der Waals surface area contributed by atoms with Crippen molar-refractivity contribution in [2.45, 2.75) is 6.42 Å².